The Balaban J connectivity index is 1.84. The van der Waals surface area contributed by atoms with Crippen LogP contribution >= 0.6 is 34.8 Å². The molecule has 230 valence electrons. The summed E-state index contributed by atoms with van der Waals surface area (Å²) in [6.45, 7) is 2.87. The van der Waals surface area contributed by atoms with Crippen LogP contribution < -0.4 is 9.62 Å². The molecule has 44 heavy (non-hydrogen) atoms. The fraction of sp³-hybridized carbons (Fsp3) is 0.212. The van der Waals surface area contributed by atoms with Crippen LogP contribution in [0.3, 0.4) is 0 Å². The molecule has 2 amide bonds. The molecular weight excluding hydrogens is 641 g/mol. The molecule has 0 aliphatic heterocycles. The van der Waals surface area contributed by atoms with E-state index >= 15 is 0 Å². The average molecular weight is 673 g/mol. The second-order valence-electron chi connectivity index (χ2n) is 10.4. The van der Waals surface area contributed by atoms with E-state index in [1.54, 1.807) is 54.6 Å². The van der Waals surface area contributed by atoms with E-state index in [2.05, 4.69) is 5.32 Å². The second kappa shape index (κ2) is 14.9. The van der Waals surface area contributed by atoms with Crippen molar-refractivity contribution in [3.63, 3.8) is 0 Å². The van der Waals surface area contributed by atoms with Crippen LogP contribution in [0.2, 0.25) is 15.1 Å². The summed E-state index contributed by atoms with van der Waals surface area (Å²) in [7, 11) is -4.24. The molecule has 0 bridgehead atoms. The van der Waals surface area contributed by atoms with Crippen LogP contribution in [-0.2, 0) is 32.6 Å². The Labute approximate surface area is 273 Å². The van der Waals surface area contributed by atoms with E-state index in [4.69, 9.17) is 34.8 Å². The van der Waals surface area contributed by atoms with E-state index < -0.39 is 34.4 Å². The molecule has 7 nitrogen and oxygen atoms in total. The highest BCUT2D eigenvalue weighted by molar-refractivity contribution is 7.92. The van der Waals surface area contributed by atoms with Crippen molar-refractivity contribution in [3.05, 3.63) is 129 Å². The van der Waals surface area contributed by atoms with E-state index in [0.29, 0.717) is 20.6 Å². The van der Waals surface area contributed by atoms with Gasteiger partial charge in [-0.25, -0.2) is 8.42 Å². The molecule has 0 radical (unpaired) electrons. The lowest BCUT2D eigenvalue weighted by molar-refractivity contribution is -0.140. The quantitative estimate of drug-likeness (QED) is 0.176. The summed E-state index contributed by atoms with van der Waals surface area (Å²) in [5.41, 5.74) is 1.43. The molecular formula is C33H32Cl3N3O4S. The highest BCUT2D eigenvalue weighted by Gasteiger charge is 2.35. The largest absolute Gasteiger partial charge is 0.352 e. The van der Waals surface area contributed by atoms with Gasteiger partial charge in [0.1, 0.15) is 12.6 Å². The molecule has 0 aliphatic rings. The number of sulfonamides is 1. The highest BCUT2D eigenvalue weighted by atomic mass is 35.5. The number of carbonyl (C=O) groups excluding carboxylic acids is 2. The number of carbonyl (C=O) groups is 2. The van der Waals surface area contributed by atoms with Gasteiger partial charge in [-0.2, -0.15) is 0 Å². The SMILES string of the molecule is CC(C)NC(=O)[C@@H](Cc1ccccc1)N(Cc1c(Cl)cccc1Cl)C(=O)CN(c1cccc(Cl)c1)S(=O)(=O)c1ccccc1. The molecule has 0 saturated heterocycles. The lowest BCUT2D eigenvalue weighted by Gasteiger charge is -2.34. The van der Waals surface area contributed by atoms with Crippen LogP contribution in [0.15, 0.2) is 108 Å². The third kappa shape index (κ3) is 8.33. The van der Waals surface area contributed by atoms with E-state index in [1.165, 1.54) is 23.1 Å². The van der Waals surface area contributed by atoms with Crippen molar-refractivity contribution in [2.75, 3.05) is 10.8 Å². The maximum absolute atomic E-state index is 14.5. The van der Waals surface area contributed by atoms with Crippen LogP contribution in [0.25, 0.3) is 0 Å². The molecule has 1 atom stereocenters. The van der Waals surface area contributed by atoms with Gasteiger partial charge in [-0.05, 0) is 61.9 Å². The van der Waals surface area contributed by atoms with Crippen LogP contribution in [0.1, 0.15) is 25.0 Å². The zero-order valence-corrected chi connectivity index (χ0v) is 27.2. The van der Waals surface area contributed by atoms with Crippen molar-refractivity contribution in [2.45, 2.75) is 43.8 Å². The number of rotatable bonds is 12. The fourth-order valence-corrected chi connectivity index (χ4v) is 6.80. The summed E-state index contributed by atoms with van der Waals surface area (Å²) in [6, 6.07) is 27.0. The molecule has 4 aromatic carbocycles. The zero-order chi connectivity index (χ0) is 31.9. The summed E-state index contributed by atoms with van der Waals surface area (Å²) in [4.78, 5) is 29.6. The third-order valence-electron chi connectivity index (χ3n) is 6.80. The molecule has 0 aliphatic carbocycles. The molecule has 0 heterocycles. The van der Waals surface area contributed by atoms with Crippen molar-refractivity contribution < 1.29 is 18.0 Å². The number of benzene rings is 4. The van der Waals surface area contributed by atoms with Crippen LogP contribution in [0.5, 0.6) is 0 Å². The van der Waals surface area contributed by atoms with Gasteiger partial charge in [0.05, 0.1) is 10.6 Å². The first-order valence-corrected chi connectivity index (χ1v) is 16.4. The lowest BCUT2D eigenvalue weighted by Crippen LogP contribution is -2.54. The molecule has 4 aromatic rings. The number of amides is 2. The molecule has 0 unspecified atom stereocenters. The first-order valence-electron chi connectivity index (χ1n) is 13.9. The van der Waals surface area contributed by atoms with Crippen LogP contribution in [-0.4, -0.2) is 43.8 Å². The molecule has 0 spiro atoms. The van der Waals surface area contributed by atoms with Gasteiger partial charge in [-0.1, -0.05) is 95.5 Å². The van der Waals surface area contributed by atoms with E-state index in [0.717, 1.165) is 9.87 Å². The van der Waals surface area contributed by atoms with Gasteiger partial charge in [0, 0.05) is 39.6 Å². The summed E-state index contributed by atoms with van der Waals surface area (Å²) >= 11 is 19.3. The minimum Gasteiger partial charge on any atom is -0.352 e. The Kier molecular flexibility index (Phi) is 11.3. The van der Waals surface area contributed by atoms with Crippen molar-refractivity contribution in [2.24, 2.45) is 0 Å². The summed E-state index contributed by atoms with van der Waals surface area (Å²) in [6.07, 6.45) is 0.163. The Morgan fingerprint density at radius 3 is 1.98 bits per heavy atom. The monoisotopic (exact) mass is 671 g/mol. The van der Waals surface area contributed by atoms with Crippen molar-refractivity contribution >= 4 is 62.3 Å². The zero-order valence-electron chi connectivity index (χ0n) is 24.2. The molecule has 0 fully saturated rings. The topological polar surface area (TPSA) is 86.8 Å². The van der Waals surface area contributed by atoms with Crippen molar-refractivity contribution in [1.82, 2.24) is 10.2 Å². The number of hydrogen-bond donors (Lipinski definition) is 1. The summed E-state index contributed by atoms with van der Waals surface area (Å²) in [5, 5.41) is 3.82. The Hall–Kier alpha value is -3.56. The van der Waals surface area contributed by atoms with Gasteiger partial charge in [-0.3, -0.25) is 13.9 Å². The van der Waals surface area contributed by atoms with E-state index in [1.807, 2.05) is 44.2 Å². The van der Waals surface area contributed by atoms with Gasteiger partial charge >= 0.3 is 0 Å². The number of halogens is 3. The molecule has 11 heteroatoms. The second-order valence-corrected chi connectivity index (χ2v) is 13.5. The normalized spacial score (nSPS) is 12.0. The Bertz CT molecular complexity index is 1680. The fourth-order valence-electron chi connectivity index (χ4n) is 4.67. The van der Waals surface area contributed by atoms with Gasteiger partial charge in [0.2, 0.25) is 11.8 Å². The van der Waals surface area contributed by atoms with Crippen LogP contribution in [0.4, 0.5) is 5.69 Å². The van der Waals surface area contributed by atoms with Gasteiger partial charge in [0.25, 0.3) is 10.0 Å². The maximum atomic E-state index is 14.5. The van der Waals surface area contributed by atoms with Crippen molar-refractivity contribution in [1.29, 1.82) is 0 Å². The standard InChI is InChI=1S/C33H32Cl3N3O4S/c1-23(2)37-33(41)31(19-24-11-5-3-6-12-24)38(21-28-29(35)17-10-18-30(28)36)32(40)22-39(26-14-9-13-25(34)20-26)44(42,43)27-15-7-4-8-16-27/h3-18,20,23,31H,19,21-22H2,1-2H3,(H,37,41)/t31-/m1/s1. The van der Waals surface area contributed by atoms with E-state index in [9.17, 15) is 18.0 Å². The molecule has 1 N–H and O–H groups in total. The molecule has 4 rings (SSSR count). The van der Waals surface area contributed by atoms with Gasteiger partial charge in [0.15, 0.2) is 0 Å². The van der Waals surface area contributed by atoms with Crippen molar-refractivity contribution in [3.8, 4) is 0 Å². The lowest BCUT2D eigenvalue weighted by atomic mass is 10.0. The molecule has 0 saturated carbocycles. The first kappa shape index (κ1) is 33.3. The van der Waals surface area contributed by atoms with Gasteiger partial charge < -0.3 is 10.2 Å². The number of nitrogens with one attached hydrogen (secondary N) is 1. The van der Waals surface area contributed by atoms with E-state index in [-0.39, 0.29) is 29.6 Å². The minimum atomic E-state index is -4.24. The van der Waals surface area contributed by atoms with Gasteiger partial charge in [-0.15, -0.1) is 0 Å². The maximum Gasteiger partial charge on any atom is 0.264 e. The summed E-state index contributed by atoms with van der Waals surface area (Å²) < 4.78 is 29.0. The van der Waals surface area contributed by atoms with Crippen LogP contribution in [0, 0.1) is 0 Å². The highest BCUT2D eigenvalue weighted by Crippen LogP contribution is 2.30. The first-order chi connectivity index (χ1) is 21.0. The smallest absolute Gasteiger partial charge is 0.264 e. The number of hydrogen-bond acceptors (Lipinski definition) is 4. The third-order valence-corrected chi connectivity index (χ3v) is 9.53. The summed E-state index contributed by atoms with van der Waals surface area (Å²) in [5.74, 6) is -1.04. The Morgan fingerprint density at radius 2 is 1.39 bits per heavy atom. The number of nitrogens with zero attached hydrogens (tertiary/aromatic N) is 2. The predicted molar refractivity (Wildman–Crippen MR) is 177 cm³/mol. The average Bonchev–Trinajstić information content (AvgIpc) is 2.99. The molecule has 0 aromatic heterocycles. The predicted octanol–water partition coefficient (Wildman–Crippen LogP) is 7.01. The minimum absolute atomic E-state index is 0.00754. The number of anilines is 1. The Morgan fingerprint density at radius 1 is 0.795 bits per heavy atom.